The van der Waals surface area contributed by atoms with Crippen LogP contribution in [0, 0.1) is 13.8 Å². The zero-order chi connectivity index (χ0) is 26.2. The maximum absolute atomic E-state index is 14.1. The second-order valence-electron chi connectivity index (χ2n) is 9.57. The highest BCUT2D eigenvalue weighted by molar-refractivity contribution is 6.29. The quantitative estimate of drug-likeness (QED) is 0.285. The normalized spacial score (nSPS) is 17.2. The van der Waals surface area contributed by atoms with Crippen LogP contribution in [0.15, 0.2) is 132 Å². The molecule has 2 amide bonds. The summed E-state index contributed by atoms with van der Waals surface area (Å²) < 4.78 is 0. The molecule has 0 bridgehead atoms. The predicted octanol–water partition coefficient (Wildman–Crippen LogP) is 7.08. The lowest BCUT2D eigenvalue weighted by atomic mass is 10.1. The van der Waals surface area contributed by atoms with Crippen LogP contribution in [0.5, 0.6) is 0 Å². The third kappa shape index (κ3) is 4.06. The molecule has 2 aliphatic rings. The number of benzene rings is 4. The maximum Gasteiger partial charge on any atom is 0.263 e. The summed E-state index contributed by atoms with van der Waals surface area (Å²) in [6.45, 7) is 4.04. The molecule has 0 radical (unpaired) electrons. The average Bonchev–Trinajstić information content (AvgIpc) is 3.47. The minimum Gasteiger partial charge on any atom is -0.276 e. The number of hydrogen-bond acceptors (Lipinski definition) is 2. The van der Waals surface area contributed by atoms with Gasteiger partial charge in [0.05, 0.1) is 22.5 Å². The summed E-state index contributed by atoms with van der Waals surface area (Å²) >= 11 is 0. The third-order valence-corrected chi connectivity index (χ3v) is 6.92. The van der Waals surface area contributed by atoms with E-state index in [1.165, 1.54) is 0 Å². The number of carbonyl (C=O) groups excluding carboxylic acids is 2. The fraction of sp³-hybridized carbons (Fsp3) is 0.0588. The summed E-state index contributed by atoms with van der Waals surface area (Å²) in [6.07, 6.45) is 3.70. The van der Waals surface area contributed by atoms with Crippen molar-refractivity contribution in [2.75, 3.05) is 9.80 Å². The first kappa shape index (κ1) is 23.4. The molecule has 0 saturated heterocycles. The van der Waals surface area contributed by atoms with Gasteiger partial charge in [-0.15, -0.1) is 0 Å². The number of rotatable bonds is 4. The first-order valence-corrected chi connectivity index (χ1v) is 12.6. The molecule has 4 aromatic carbocycles. The molecule has 0 unspecified atom stereocenters. The van der Waals surface area contributed by atoms with Crippen molar-refractivity contribution in [1.82, 2.24) is 0 Å². The summed E-state index contributed by atoms with van der Waals surface area (Å²) in [6, 6.07) is 35.4. The van der Waals surface area contributed by atoms with Crippen LogP contribution in [-0.2, 0) is 9.59 Å². The van der Waals surface area contributed by atoms with Gasteiger partial charge in [0, 0.05) is 11.4 Å². The summed E-state index contributed by atoms with van der Waals surface area (Å²) in [5, 5.41) is 0. The molecule has 0 spiro atoms. The smallest absolute Gasteiger partial charge is 0.263 e. The zero-order valence-electron chi connectivity index (χ0n) is 21.3. The average molecular weight is 495 g/mol. The van der Waals surface area contributed by atoms with Crippen molar-refractivity contribution >= 4 is 34.6 Å². The van der Waals surface area contributed by atoms with Crippen LogP contribution in [-0.4, -0.2) is 11.8 Å². The Labute approximate surface area is 222 Å². The van der Waals surface area contributed by atoms with Gasteiger partial charge in [-0.1, -0.05) is 96.1 Å². The van der Waals surface area contributed by atoms with E-state index in [0.29, 0.717) is 11.1 Å². The van der Waals surface area contributed by atoms with E-state index in [4.69, 9.17) is 0 Å². The van der Waals surface area contributed by atoms with Crippen LogP contribution in [0.3, 0.4) is 0 Å². The van der Waals surface area contributed by atoms with Crippen molar-refractivity contribution in [2.45, 2.75) is 13.8 Å². The molecule has 2 aliphatic heterocycles. The van der Waals surface area contributed by atoms with E-state index in [1.54, 1.807) is 9.80 Å². The van der Waals surface area contributed by atoms with Crippen molar-refractivity contribution in [3.8, 4) is 0 Å². The highest BCUT2D eigenvalue weighted by Gasteiger charge is 2.38. The van der Waals surface area contributed by atoms with Gasteiger partial charge in [-0.25, -0.2) is 0 Å². The second-order valence-corrected chi connectivity index (χ2v) is 9.57. The number of nitrogens with zero attached hydrogens (tertiary/aromatic N) is 2. The summed E-state index contributed by atoms with van der Waals surface area (Å²) in [5.41, 5.74) is 7.83. The van der Waals surface area contributed by atoms with Crippen molar-refractivity contribution < 1.29 is 9.59 Å². The molecule has 0 aliphatic carbocycles. The highest BCUT2D eigenvalue weighted by Crippen LogP contribution is 2.40. The largest absolute Gasteiger partial charge is 0.276 e. The molecule has 0 saturated carbocycles. The molecule has 0 aromatic heterocycles. The highest BCUT2D eigenvalue weighted by atomic mass is 16.2. The SMILES string of the molecule is Cc1ccc(N2C(=O)C(=C3C=C(c4ccccc4)N(c4ccc(C)cc4)C3=O)C=C2c2ccccc2)cc1. The standard InChI is InChI=1S/C34H26N2O2/c1-23-13-17-27(18-14-23)35-31(25-9-5-3-6-10-25)21-29(33(35)37)30-22-32(26-11-7-4-8-12-26)36(34(30)38)28-19-15-24(2)16-20-28/h3-22H,1-2H3. The van der Waals surface area contributed by atoms with Gasteiger partial charge in [-0.05, 0) is 61.4 Å². The first-order valence-electron chi connectivity index (χ1n) is 12.6. The van der Waals surface area contributed by atoms with E-state index in [1.807, 2.05) is 135 Å². The van der Waals surface area contributed by atoms with Crippen LogP contribution in [0.25, 0.3) is 11.4 Å². The maximum atomic E-state index is 14.1. The van der Waals surface area contributed by atoms with Crippen molar-refractivity contribution in [3.05, 3.63) is 155 Å². The van der Waals surface area contributed by atoms with Crippen molar-refractivity contribution in [2.24, 2.45) is 0 Å². The van der Waals surface area contributed by atoms with Gasteiger partial charge in [-0.2, -0.15) is 0 Å². The Morgan fingerprint density at radius 3 is 1.13 bits per heavy atom. The predicted molar refractivity (Wildman–Crippen MR) is 153 cm³/mol. The molecule has 0 atom stereocenters. The molecule has 0 N–H and O–H groups in total. The fourth-order valence-corrected chi connectivity index (χ4v) is 4.91. The Morgan fingerprint density at radius 1 is 0.447 bits per heavy atom. The van der Waals surface area contributed by atoms with Gasteiger partial charge >= 0.3 is 0 Å². The number of amides is 2. The lowest BCUT2D eigenvalue weighted by Gasteiger charge is -2.22. The van der Waals surface area contributed by atoms with Crippen LogP contribution in [0.2, 0.25) is 0 Å². The Hall–Kier alpha value is -4.96. The summed E-state index contributed by atoms with van der Waals surface area (Å²) in [4.78, 5) is 31.5. The number of hydrogen-bond donors (Lipinski definition) is 0. The molecule has 38 heavy (non-hydrogen) atoms. The monoisotopic (exact) mass is 494 g/mol. The fourth-order valence-electron chi connectivity index (χ4n) is 4.91. The molecule has 2 heterocycles. The van der Waals surface area contributed by atoms with Crippen molar-refractivity contribution in [1.29, 1.82) is 0 Å². The minimum absolute atomic E-state index is 0.217. The molecule has 184 valence electrons. The second kappa shape index (κ2) is 9.49. The molecule has 4 aromatic rings. The van der Waals surface area contributed by atoms with Gasteiger partial charge < -0.3 is 0 Å². The van der Waals surface area contributed by atoms with Crippen LogP contribution in [0.4, 0.5) is 11.4 Å². The van der Waals surface area contributed by atoms with Crippen LogP contribution < -0.4 is 9.80 Å². The van der Waals surface area contributed by atoms with E-state index in [-0.39, 0.29) is 11.8 Å². The Kier molecular flexibility index (Phi) is 5.85. The summed E-state index contributed by atoms with van der Waals surface area (Å²) in [5.74, 6) is -0.434. The molecule has 6 rings (SSSR count). The molecular formula is C34H26N2O2. The number of aryl methyl sites for hydroxylation is 2. The molecule has 4 nitrogen and oxygen atoms in total. The Morgan fingerprint density at radius 2 is 0.789 bits per heavy atom. The van der Waals surface area contributed by atoms with E-state index in [0.717, 1.165) is 45.0 Å². The lowest BCUT2D eigenvalue weighted by molar-refractivity contribution is -0.116. The van der Waals surface area contributed by atoms with Gasteiger partial charge in [-0.3, -0.25) is 19.4 Å². The molecule has 0 fully saturated rings. The van der Waals surface area contributed by atoms with Gasteiger partial charge in [0.2, 0.25) is 0 Å². The molecule has 4 heteroatoms. The Bertz CT molecular complexity index is 1500. The molecular weight excluding hydrogens is 468 g/mol. The summed E-state index contributed by atoms with van der Waals surface area (Å²) in [7, 11) is 0. The van der Waals surface area contributed by atoms with Gasteiger partial charge in [0.25, 0.3) is 11.8 Å². The van der Waals surface area contributed by atoms with Gasteiger partial charge in [0.15, 0.2) is 0 Å². The van der Waals surface area contributed by atoms with E-state index in [9.17, 15) is 9.59 Å². The third-order valence-electron chi connectivity index (χ3n) is 6.92. The van der Waals surface area contributed by atoms with Crippen LogP contribution in [0.1, 0.15) is 22.3 Å². The van der Waals surface area contributed by atoms with E-state index >= 15 is 0 Å². The Balaban J connectivity index is 1.54. The number of anilines is 2. The topological polar surface area (TPSA) is 40.6 Å². The number of carbonyl (C=O) groups is 2. The van der Waals surface area contributed by atoms with E-state index in [2.05, 4.69) is 0 Å². The van der Waals surface area contributed by atoms with Crippen molar-refractivity contribution in [3.63, 3.8) is 0 Å². The van der Waals surface area contributed by atoms with Gasteiger partial charge in [0.1, 0.15) is 0 Å². The zero-order valence-corrected chi connectivity index (χ0v) is 21.3. The van der Waals surface area contributed by atoms with Crippen LogP contribution >= 0.6 is 0 Å². The minimum atomic E-state index is -0.217. The van der Waals surface area contributed by atoms with E-state index < -0.39 is 0 Å². The lowest BCUT2D eigenvalue weighted by Crippen LogP contribution is -2.28. The first-order chi connectivity index (χ1) is 18.5.